The lowest BCUT2D eigenvalue weighted by Crippen LogP contribution is -2.30. The zero-order valence-electron chi connectivity index (χ0n) is 9.71. The van der Waals surface area contributed by atoms with Gasteiger partial charge < -0.3 is 5.32 Å². The average Bonchev–Trinajstić information content (AvgIpc) is 3.07. The van der Waals surface area contributed by atoms with Gasteiger partial charge in [0.2, 0.25) is 0 Å². The molecule has 4 heteroatoms. The zero-order valence-corrected chi connectivity index (χ0v) is 9.71. The van der Waals surface area contributed by atoms with Crippen LogP contribution in [-0.4, -0.2) is 27.8 Å². The van der Waals surface area contributed by atoms with Crippen molar-refractivity contribution in [1.29, 1.82) is 0 Å². The van der Waals surface area contributed by atoms with Crippen LogP contribution in [0.25, 0.3) is 0 Å². The summed E-state index contributed by atoms with van der Waals surface area (Å²) in [7, 11) is 0. The summed E-state index contributed by atoms with van der Waals surface area (Å²) in [5.74, 6) is 2.78. The lowest BCUT2D eigenvalue weighted by molar-refractivity contribution is 0.498. The number of H-pyrrole nitrogens is 1. The third-order valence-corrected chi connectivity index (χ3v) is 3.59. The Morgan fingerprint density at radius 2 is 2.06 bits per heavy atom. The fourth-order valence-corrected chi connectivity index (χ4v) is 2.43. The van der Waals surface area contributed by atoms with Crippen LogP contribution in [0.3, 0.4) is 0 Å². The fraction of sp³-hybridized carbons (Fsp3) is 0.833. The van der Waals surface area contributed by atoms with Crippen LogP contribution in [0.4, 0.5) is 0 Å². The van der Waals surface area contributed by atoms with Crippen molar-refractivity contribution in [2.45, 2.75) is 56.9 Å². The minimum atomic E-state index is 0.600. The van der Waals surface area contributed by atoms with Crippen molar-refractivity contribution >= 4 is 0 Å². The van der Waals surface area contributed by atoms with Crippen molar-refractivity contribution in [2.75, 3.05) is 6.54 Å². The van der Waals surface area contributed by atoms with Crippen LogP contribution < -0.4 is 5.32 Å². The summed E-state index contributed by atoms with van der Waals surface area (Å²) in [4.78, 5) is 4.59. The molecule has 2 fully saturated rings. The van der Waals surface area contributed by atoms with Crippen LogP contribution in [0, 0.1) is 0 Å². The van der Waals surface area contributed by atoms with E-state index in [0.29, 0.717) is 12.0 Å². The molecule has 88 valence electrons. The van der Waals surface area contributed by atoms with Gasteiger partial charge in [-0.2, -0.15) is 5.10 Å². The molecule has 0 spiro atoms. The molecule has 16 heavy (non-hydrogen) atoms. The molecule has 1 saturated carbocycles. The Morgan fingerprint density at radius 3 is 2.94 bits per heavy atom. The molecule has 0 aromatic carbocycles. The average molecular weight is 220 g/mol. The van der Waals surface area contributed by atoms with E-state index in [1.165, 1.54) is 38.5 Å². The molecule has 1 aromatic rings. The van der Waals surface area contributed by atoms with Gasteiger partial charge >= 0.3 is 0 Å². The van der Waals surface area contributed by atoms with Crippen LogP contribution in [0.2, 0.25) is 0 Å². The van der Waals surface area contributed by atoms with E-state index >= 15 is 0 Å². The number of nitrogens with zero attached hydrogens (tertiary/aromatic N) is 2. The number of aromatic nitrogens is 3. The zero-order chi connectivity index (χ0) is 10.8. The third-order valence-electron chi connectivity index (χ3n) is 3.59. The Morgan fingerprint density at radius 1 is 1.12 bits per heavy atom. The standard InChI is InChI=1S/C12H20N4/c1-2-4-10(13-7-3-1)8-11-14-12(16-15-11)9-5-6-9/h9-10,13H,1-8H2,(H,14,15,16). The van der Waals surface area contributed by atoms with E-state index in [-0.39, 0.29) is 0 Å². The van der Waals surface area contributed by atoms with Gasteiger partial charge in [-0.25, -0.2) is 4.98 Å². The second kappa shape index (κ2) is 4.53. The summed E-state index contributed by atoms with van der Waals surface area (Å²) in [6.07, 6.45) is 8.88. The Hall–Kier alpha value is -0.900. The summed E-state index contributed by atoms with van der Waals surface area (Å²) in [5.41, 5.74) is 0. The SMILES string of the molecule is C1CCNC(Cc2nc(C3CC3)n[nH]2)CC1. The molecule has 2 aliphatic rings. The summed E-state index contributed by atoms with van der Waals surface area (Å²) >= 11 is 0. The minimum absolute atomic E-state index is 0.600. The smallest absolute Gasteiger partial charge is 0.153 e. The largest absolute Gasteiger partial charge is 0.314 e. The topological polar surface area (TPSA) is 53.6 Å². The van der Waals surface area contributed by atoms with Crippen LogP contribution in [0.1, 0.15) is 56.1 Å². The first-order valence-corrected chi connectivity index (χ1v) is 6.56. The molecule has 0 amide bonds. The molecule has 1 atom stereocenters. The van der Waals surface area contributed by atoms with Gasteiger partial charge in [-0.15, -0.1) is 0 Å². The first kappa shape index (κ1) is 10.3. The van der Waals surface area contributed by atoms with Gasteiger partial charge in [-0.1, -0.05) is 12.8 Å². The second-order valence-electron chi connectivity index (χ2n) is 5.12. The van der Waals surface area contributed by atoms with Gasteiger partial charge in [0.25, 0.3) is 0 Å². The Labute approximate surface area is 96.2 Å². The normalized spacial score (nSPS) is 26.6. The van der Waals surface area contributed by atoms with Crippen molar-refractivity contribution in [3.05, 3.63) is 11.6 Å². The lowest BCUT2D eigenvalue weighted by atomic mass is 10.1. The molecule has 2 N–H and O–H groups in total. The molecule has 1 unspecified atom stereocenters. The molecule has 1 saturated heterocycles. The van der Waals surface area contributed by atoms with E-state index in [9.17, 15) is 0 Å². The van der Waals surface area contributed by atoms with Gasteiger partial charge in [0, 0.05) is 18.4 Å². The monoisotopic (exact) mass is 220 g/mol. The van der Waals surface area contributed by atoms with Crippen molar-refractivity contribution in [1.82, 2.24) is 20.5 Å². The van der Waals surface area contributed by atoms with E-state index < -0.39 is 0 Å². The first-order valence-electron chi connectivity index (χ1n) is 6.56. The van der Waals surface area contributed by atoms with Crippen molar-refractivity contribution in [2.24, 2.45) is 0 Å². The van der Waals surface area contributed by atoms with Crippen LogP contribution in [0.5, 0.6) is 0 Å². The molecule has 1 aliphatic heterocycles. The summed E-state index contributed by atoms with van der Waals surface area (Å²) in [5, 5.41) is 11.0. The van der Waals surface area contributed by atoms with Gasteiger partial charge in [0.05, 0.1) is 0 Å². The van der Waals surface area contributed by atoms with Crippen molar-refractivity contribution < 1.29 is 0 Å². The van der Waals surface area contributed by atoms with Crippen LogP contribution in [0.15, 0.2) is 0 Å². The van der Waals surface area contributed by atoms with Crippen LogP contribution >= 0.6 is 0 Å². The van der Waals surface area contributed by atoms with Gasteiger partial charge in [-0.05, 0) is 32.2 Å². The predicted octanol–water partition coefficient (Wildman–Crippen LogP) is 1.76. The molecule has 4 nitrogen and oxygen atoms in total. The highest BCUT2D eigenvalue weighted by atomic mass is 15.2. The van der Waals surface area contributed by atoms with Crippen molar-refractivity contribution in [3.8, 4) is 0 Å². The molecular formula is C12H20N4. The molecule has 2 heterocycles. The number of hydrogen-bond acceptors (Lipinski definition) is 3. The highest BCUT2D eigenvalue weighted by molar-refractivity contribution is 5.05. The molecule has 3 rings (SSSR count). The first-order chi connectivity index (χ1) is 7.92. The highest BCUT2D eigenvalue weighted by Gasteiger charge is 2.28. The molecule has 1 aromatic heterocycles. The molecule has 0 radical (unpaired) electrons. The number of rotatable bonds is 3. The maximum Gasteiger partial charge on any atom is 0.153 e. The Kier molecular flexibility index (Phi) is 2.91. The van der Waals surface area contributed by atoms with Gasteiger partial charge in [-0.3, -0.25) is 5.10 Å². The molecule has 1 aliphatic carbocycles. The Balaban J connectivity index is 1.58. The van der Waals surface area contributed by atoms with E-state index in [1.54, 1.807) is 0 Å². The minimum Gasteiger partial charge on any atom is -0.314 e. The lowest BCUT2D eigenvalue weighted by Gasteiger charge is -2.13. The third kappa shape index (κ3) is 2.43. The van der Waals surface area contributed by atoms with Gasteiger partial charge in [0.1, 0.15) is 5.82 Å². The predicted molar refractivity (Wildman–Crippen MR) is 62.3 cm³/mol. The van der Waals surface area contributed by atoms with E-state index in [2.05, 4.69) is 20.5 Å². The van der Waals surface area contributed by atoms with E-state index in [0.717, 1.165) is 24.6 Å². The molecular weight excluding hydrogens is 200 g/mol. The summed E-state index contributed by atoms with van der Waals surface area (Å²) < 4.78 is 0. The number of nitrogens with one attached hydrogen (secondary N) is 2. The highest BCUT2D eigenvalue weighted by Crippen LogP contribution is 2.37. The summed E-state index contributed by atoms with van der Waals surface area (Å²) in [6, 6.07) is 0.600. The Bertz CT molecular complexity index is 335. The summed E-state index contributed by atoms with van der Waals surface area (Å²) in [6.45, 7) is 1.16. The second-order valence-corrected chi connectivity index (χ2v) is 5.12. The van der Waals surface area contributed by atoms with E-state index in [4.69, 9.17) is 0 Å². The maximum atomic E-state index is 4.59. The maximum absolute atomic E-state index is 4.59. The van der Waals surface area contributed by atoms with Gasteiger partial charge in [0.15, 0.2) is 5.82 Å². The molecule has 0 bridgehead atoms. The van der Waals surface area contributed by atoms with E-state index in [1.807, 2.05) is 0 Å². The fourth-order valence-electron chi connectivity index (χ4n) is 2.43. The quantitative estimate of drug-likeness (QED) is 0.816. The number of hydrogen-bond donors (Lipinski definition) is 2. The van der Waals surface area contributed by atoms with Crippen LogP contribution in [-0.2, 0) is 6.42 Å². The number of aromatic amines is 1. The van der Waals surface area contributed by atoms with Crippen molar-refractivity contribution in [3.63, 3.8) is 0 Å².